The number of benzene rings is 2. The standard InChI is InChI=1S/C22H23BrClFN2O3/c23-16-3-1-2-15(12-16)22(7-10-30-11-8-22)14-27-20(28)6-9-26-21(29)18-5-4-17(25)13-19(18)24/h1-5,12-13H,6-11,14H2,(H,26,29)(H,27,28). The van der Waals surface area contributed by atoms with Crippen molar-refractivity contribution < 1.29 is 18.7 Å². The lowest BCUT2D eigenvalue weighted by Crippen LogP contribution is -2.45. The Bertz CT molecular complexity index is 919. The van der Waals surface area contributed by atoms with E-state index in [1.165, 1.54) is 17.7 Å². The lowest BCUT2D eigenvalue weighted by Gasteiger charge is -2.38. The molecule has 0 radical (unpaired) electrons. The normalized spacial score (nSPS) is 15.4. The fourth-order valence-corrected chi connectivity index (χ4v) is 4.21. The van der Waals surface area contributed by atoms with Crippen LogP contribution in [0, 0.1) is 5.82 Å². The Morgan fingerprint density at radius 2 is 1.90 bits per heavy atom. The minimum atomic E-state index is -0.511. The molecule has 2 aromatic rings. The van der Waals surface area contributed by atoms with Gasteiger partial charge in [0, 0.05) is 42.6 Å². The van der Waals surface area contributed by atoms with E-state index < -0.39 is 11.7 Å². The van der Waals surface area contributed by atoms with Gasteiger partial charge in [0.2, 0.25) is 5.91 Å². The molecule has 0 aliphatic carbocycles. The molecule has 1 aliphatic rings. The maximum atomic E-state index is 13.1. The van der Waals surface area contributed by atoms with Gasteiger partial charge in [0.15, 0.2) is 0 Å². The van der Waals surface area contributed by atoms with Gasteiger partial charge in [-0.2, -0.15) is 0 Å². The van der Waals surface area contributed by atoms with E-state index in [9.17, 15) is 14.0 Å². The molecule has 5 nitrogen and oxygen atoms in total. The van der Waals surface area contributed by atoms with E-state index in [4.69, 9.17) is 16.3 Å². The van der Waals surface area contributed by atoms with Crippen LogP contribution in [0.4, 0.5) is 4.39 Å². The summed E-state index contributed by atoms with van der Waals surface area (Å²) in [7, 11) is 0. The lowest BCUT2D eigenvalue weighted by atomic mass is 9.74. The first-order valence-corrected chi connectivity index (χ1v) is 10.9. The lowest BCUT2D eigenvalue weighted by molar-refractivity contribution is -0.121. The highest BCUT2D eigenvalue weighted by Gasteiger charge is 2.35. The van der Waals surface area contributed by atoms with Crippen LogP contribution in [0.25, 0.3) is 0 Å². The summed E-state index contributed by atoms with van der Waals surface area (Å²) < 4.78 is 19.6. The number of carbonyl (C=O) groups is 2. The molecule has 0 bridgehead atoms. The van der Waals surface area contributed by atoms with Crippen molar-refractivity contribution in [3.8, 4) is 0 Å². The fraction of sp³-hybridized carbons (Fsp3) is 0.364. The van der Waals surface area contributed by atoms with Gasteiger partial charge in [-0.1, -0.05) is 39.7 Å². The summed E-state index contributed by atoms with van der Waals surface area (Å²) in [6.45, 7) is 1.96. The highest BCUT2D eigenvalue weighted by Crippen LogP contribution is 2.35. The van der Waals surface area contributed by atoms with Crippen LogP contribution in [0.5, 0.6) is 0 Å². The van der Waals surface area contributed by atoms with Crippen molar-refractivity contribution in [2.75, 3.05) is 26.3 Å². The highest BCUT2D eigenvalue weighted by molar-refractivity contribution is 9.10. The Morgan fingerprint density at radius 1 is 1.13 bits per heavy atom. The molecule has 1 heterocycles. The van der Waals surface area contributed by atoms with Gasteiger partial charge in [-0.15, -0.1) is 0 Å². The third-order valence-corrected chi connectivity index (χ3v) is 6.13. The molecule has 0 spiro atoms. The van der Waals surface area contributed by atoms with E-state index in [2.05, 4.69) is 38.7 Å². The zero-order valence-electron chi connectivity index (χ0n) is 16.3. The van der Waals surface area contributed by atoms with Crippen LogP contribution in [0.1, 0.15) is 35.2 Å². The highest BCUT2D eigenvalue weighted by atomic mass is 79.9. The van der Waals surface area contributed by atoms with Crippen LogP contribution >= 0.6 is 27.5 Å². The van der Waals surface area contributed by atoms with Crippen molar-refractivity contribution in [1.82, 2.24) is 10.6 Å². The predicted molar refractivity (Wildman–Crippen MR) is 117 cm³/mol. The van der Waals surface area contributed by atoms with Gasteiger partial charge in [-0.05, 0) is 48.7 Å². The molecule has 30 heavy (non-hydrogen) atoms. The number of hydrogen-bond donors (Lipinski definition) is 2. The molecule has 8 heteroatoms. The molecule has 2 amide bonds. The van der Waals surface area contributed by atoms with Crippen LogP contribution < -0.4 is 10.6 Å². The Hall–Kier alpha value is -1.96. The second kappa shape index (κ2) is 10.4. The quantitative estimate of drug-likeness (QED) is 0.602. The first-order chi connectivity index (χ1) is 14.4. The Labute approximate surface area is 188 Å². The molecule has 0 aromatic heterocycles. The van der Waals surface area contributed by atoms with Gasteiger partial charge in [-0.25, -0.2) is 4.39 Å². The number of halogens is 3. The van der Waals surface area contributed by atoms with E-state index in [0.29, 0.717) is 19.8 Å². The third kappa shape index (κ3) is 5.80. The van der Waals surface area contributed by atoms with Crippen molar-refractivity contribution in [3.05, 3.63) is 68.9 Å². The second-order valence-corrected chi connectivity index (χ2v) is 8.63. The molecule has 1 fully saturated rings. The zero-order chi connectivity index (χ0) is 21.6. The van der Waals surface area contributed by atoms with Crippen LogP contribution in [-0.4, -0.2) is 38.1 Å². The topological polar surface area (TPSA) is 67.4 Å². The summed E-state index contributed by atoms with van der Waals surface area (Å²) in [4.78, 5) is 24.5. The number of hydrogen-bond acceptors (Lipinski definition) is 3. The number of rotatable bonds is 7. The van der Waals surface area contributed by atoms with Crippen molar-refractivity contribution in [2.45, 2.75) is 24.7 Å². The smallest absolute Gasteiger partial charge is 0.252 e. The first kappa shape index (κ1) is 22.7. The summed E-state index contributed by atoms with van der Waals surface area (Å²) in [5.74, 6) is -1.10. The average Bonchev–Trinajstić information content (AvgIpc) is 2.73. The number of amides is 2. The monoisotopic (exact) mass is 496 g/mol. The van der Waals surface area contributed by atoms with Gasteiger partial charge < -0.3 is 15.4 Å². The first-order valence-electron chi connectivity index (χ1n) is 9.73. The number of carbonyl (C=O) groups excluding carboxylic acids is 2. The van der Waals surface area contributed by atoms with E-state index in [1.54, 1.807) is 0 Å². The maximum absolute atomic E-state index is 13.1. The van der Waals surface area contributed by atoms with E-state index >= 15 is 0 Å². The molecule has 2 aromatic carbocycles. The van der Waals surface area contributed by atoms with Crippen molar-refractivity contribution >= 4 is 39.3 Å². The molecule has 1 saturated heterocycles. The van der Waals surface area contributed by atoms with Crippen LogP contribution in [-0.2, 0) is 14.9 Å². The van der Waals surface area contributed by atoms with Crippen molar-refractivity contribution in [3.63, 3.8) is 0 Å². The molecule has 1 aliphatic heterocycles. The number of ether oxygens (including phenoxy) is 1. The molecular formula is C22H23BrClFN2O3. The molecule has 0 atom stereocenters. The summed E-state index contributed by atoms with van der Waals surface area (Å²) in [6.07, 6.45) is 1.78. The van der Waals surface area contributed by atoms with E-state index in [-0.39, 0.29) is 34.9 Å². The third-order valence-electron chi connectivity index (χ3n) is 5.32. The molecule has 2 N–H and O–H groups in total. The van der Waals surface area contributed by atoms with Gasteiger partial charge in [0.05, 0.1) is 10.6 Å². The molecule has 160 valence electrons. The summed E-state index contributed by atoms with van der Waals surface area (Å²) >= 11 is 9.41. The number of nitrogens with one attached hydrogen (secondary N) is 2. The van der Waals surface area contributed by atoms with Crippen LogP contribution in [0.15, 0.2) is 46.9 Å². The Balaban J connectivity index is 1.53. The van der Waals surface area contributed by atoms with E-state index in [0.717, 1.165) is 23.4 Å². The average molecular weight is 498 g/mol. The van der Waals surface area contributed by atoms with Crippen molar-refractivity contribution in [1.29, 1.82) is 0 Å². The summed E-state index contributed by atoms with van der Waals surface area (Å²) in [6, 6.07) is 11.7. The van der Waals surface area contributed by atoms with E-state index in [1.807, 2.05) is 12.1 Å². The minimum absolute atomic E-state index is 0.0347. The second-order valence-electron chi connectivity index (χ2n) is 7.31. The Kier molecular flexibility index (Phi) is 7.86. The Morgan fingerprint density at radius 3 is 2.60 bits per heavy atom. The SMILES string of the molecule is O=C(CCNC(=O)c1ccc(F)cc1Cl)NCC1(c2cccc(Br)c2)CCOCC1. The van der Waals surface area contributed by atoms with Gasteiger partial charge >= 0.3 is 0 Å². The summed E-state index contributed by atoms with van der Waals surface area (Å²) in [5.41, 5.74) is 1.16. The van der Waals surface area contributed by atoms with Crippen LogP contribution in [0.3, 0.4) is 0 Å². The molecular weight excluding hydrogens is 475 g/mol. The zero-order valence-corrected chi connectivity index (χ0v) is 18.7. The van der Waals surface area contributed by atoms with Gasteiger partial charge in [0.25, 0.3) is 5.91 Å². The van der Waals surface area contributed by atoms with Crippen molar-refractivity contribution in [2.24, 2.45) is 0 Å². The summed E-state index contributed by atoms with van der Waals surface area (Å²) in [5, 5.41) is 5.69. The van der Waals surface area contributed by atoms with Gasteiger partial charge in [0.1, 0.15) is 5.82 Å². The fourth-order valence-electron chi connectivity index (χ4n) is 3.56. The van der Waals surface area contributed by atoms with Crippen LogP contribution in [0.2, 0.25) is 5.02 Å². The molecule has 0 unspecified atom stereocenters. The largest absolute Gasteiger partial charge is 0.381 e. The minimum Gasteiger partial charge on any atom is -0.381 e. The predicted octanol–water partition coefficient (Wildman–Crippen LogP) is 4.23. The van der Waals surface area contributed by atoms with Gasteiger partial charge in [-0.3, -0.25) is 9.59 Å². The maximum Gasteiger partial charge on any atom is 0.252 e. The molecule has 0 saturated carbocycles. The molecule has 3 rings (SSSR count).